The quantitative estimate of drug-likeness (QED) is 0.671. The molecule has 0 aliphatic heterocycles. The van der Waals surface area contributed by atoms with Gasteiger partial charge in [-0.15, -0.1) is 0 Å². The Hall–Kier alpha value is -3.08. The second-order valence-electron chi connectivity index (χ2n) is 6.05. The molecular formula is C20H21N3O2. The molecule has 5 heteroatoms. The van der Waals surface area contributed by atoms with Crippen molar-refractivity contribution in [1.82, 2.24) is 15.6 Å². The van der Waals surface area contributed by atoms with Crippen LogP contribution in [0.1, 0.15) is 16.7 Å². The number of hydrogen-bond donors (Lipinski definition) is 3. The lowest BCUT2D eigenvalue weighted by atomic mass is 10.1. The number of carbonyl (C=O) groups excluding carboxylic acids is 1. The first-order chi connectivity index (χ1) is 12.1. The molecule has 0 saturated heterocycles. The number of aromatic nitrogens is 1. The van der Waals surface area contributed by atoms with Gasteiger partial charge in [-0.25, -0.2) is 4.79 Å². The molecule has 1 heterocycles. The number of hydrogen-bond acceptors (Lipinski definition) is 2. The molecule has 0 saturated carbocycles. The summed E-state index contributed by atoms with van der Waals surface area (Å²) in [6.07, 6.45) is 0.729. The zero-order valence-corrected chi connectivity index (χ0v) is 14.1. The van der Waals surface area contributed by atoms with Gasteiger partial charge in [0, 0.05) is 24.2 Å². The molecule has 2 amide bonds. The highest BCUT2D eigenvalue weighted by Gasteiger charge is 2.03. The Morgan fingerprint density at radius 2 is 1.80 bits per heavy atom. The van der Waals surface area contributed by atoms with Crippen molar-refractivity contribution in [2.24, 2.45) is 0 Å². The predicted molar refractivity (Wildman–Crippen MR) is 99.7 cm³/mol. The molecule has 0 bridgehead atoms. The van der Waals surface area contributed by atoms with E-state index in [2.05, 4.69) is 15.6 Å². The molecule has 0 spiro atoms. The first kappa shape index (κ1) is 16.8. The number of nitrogens with one attached hydrogen (secondary N) is 3. The van der Waals surface area contributed by atoms with Gasteiger partial charge in [0.15, 0.2) is 0 Å². The third-order valence-electron chi connectivity index (χ3n) is 4.09. The predicted octanol–water partition coefficient (Wildman–Crippen LogP) is 2.88. The lowest BCUT2D eigenvalue weighted by Crippen LogP contribution is -2.36. The lowest BCUT2D eigenvalue weighted by Gasteiger charge is -2.08. The molecule has 0 aliphatic carbocycles. The Morgan fingerprint density at radius 1 is 1.00 bits per heavy atom. The average Bonchev–Trinajstić information content (AvgIpc) is 2.62. The fourth-order valence-corrected chi connectivity index (χ4v) is 2.68. The van der Waals surface area contributed by atoms with Gasteiger partial charge in [0.05, 0.1) is 0 Å². The second kappa shape index (κ2) is 7.66. The highest BCUT2D eigenvalue weighted by atomic mass is 16.2. The van der Waals surface area contributed by atoms with Gasteiger partial charge in [-0.1, -0.05) is 36.4 Å². The second-order valence-corrected chi connectivity index (χ2v) is 6.05. The fourth-order valence-electron chi connectivity index (χ4n) is 2.68. The lowest BCUT2D eigenvalue weighted by molar-refractivity contribution is 0.240. The molecule has 25 heavy (non-hydrogen) atoms. The Bertz CT molecular complexity index is 933. The van der Waals surface area contributed by atoms with E-state index < -0.39 is 0 Å². The third-order valence-corrected chi connectivity index (χ3v) is 4.09. The van der Waals surface area contributed by atoms with E-state index in [1.165, 1.54) is 0 Å². The molecule has 5 nitrogen and oxygen atoms in total. The summed E-state index contributed by atoms with van der Waals surface area (Å²) in [5, 5.41) is 6.70. The zero-order valence-electron chi connectivity index (χ0n) is 14.1. The van der Waals surface area contributed by atoms with Crippen LogP contribution >= 0.6 is 0 Å². The molecule has 3 rings (SSSR count). The van der Waals surface area contributed by atoms with Gasteiger partial charge in [0.25, 0.3) is 5.56 Å². The van der Waals surface area contributed by atoms with Gasteiger partial charge in [-0.05, 0) is 48.1 Å². The van der Waals surface area contributed by atoms with E-state index in [4.69, 9.17) is 0 Å². The van der Waals surface area contributed by atoms with Gasteiger partial charge in [0.2, 0.25) is 0 Å². The minimum Gasteiger partial charge on any atom is -0.338 e. The maximum atomic E-state index is 11.8. The van der Waals surface area contributed by atoms with Crippen molar-refractivity contribution in [3.8, 4) is 0 Å². The number of aryl methyl sites for hydroxylation is 1. The van der Waals surface area contributed by atoms with Gasteiger partial charge >= 0.3 is 6.03 Å². The minimum absolute atomic E-state index is 0.0583. The number of H-pyrrole nitrogens is 1. The first-order valence-electron chi connectivity index (χ1n) is 8.30. The van der Waals surface area contributed by atoms with E-state index in [9.17, 15) is 9.59 Å². The van der Waals surface area contributed by atoms with Crippen LogP contribution in [0, 0.1) is 6.92 Å². The summed E-state index contributed by atoms with van der Waals surface area (Å²) < 4.78 is 0. The molecule has 0 unspecified atom stereocenters. The van der Waals surface area contributed by atoms with E-state index in [1.54, 1.807) is 6.92 Å². The summed E-state index contributed by atoms with van der Waals surface area (Å²) in [7, 11) is 0. The van der Waals surface area contributed by atoms with Crippen molar-refractivity contribution in [2.45, 2.75) is 19.9 Å². The molecule has 2 aromatic carbocycles. The molecule has 3 N–H and O–H groups in total. The summed E-state index contributed by atoms with van der Waals surface area (Å²) >= 11 is 0. The summed E-state index contributed by atoms with van der Waals surface area (Å²) in [4.78, 5) is 26.3. The largest absolute Gasteiger partial charge is 0.338 e. The highest BCUT2D eigenvalue weighted by molar-refractivity contribution is 5.79. The van der Waals surface area contributed by atoms with Crippen molar-refractivity contribution in [1.29, 1.82) is 0 Å². The number of urea groups is 1. The number of pyridine rings is 1. The van der Waals surface area contributed by atoms with Crippen LogP contribution < -0.4 is 16.2 Å². The molecule has 1 aromatic heterocycles. The van der Waals surface area contributed by atoms with Crippen molar-refractivity contribution in [3.63, 3.8) is 0 Å². The van der Waals surface area contributed by atoms with E-state index in [0.29, 0.717) is 18.7 Å². The molecule has 128 valence electrons. The van der Waals surface area contributed by atoms with Crippen molar-refractivity contribution >= 4 is 16.9 Å². The van der Waals surface area contributed by atoms with Crippen LogP contribution in [0.4, 0.5) is 4.79 Å². The van der Waals surface area contributed by atoms with Crippen LogP contribution in [-0.2, 0) is 13.0 Å². The Labute approximate surface area is 146 Å². The third kappa shape index (κ3) is 4.47. The maximum Gasteiger partial charge on any atom is 0.315 e. The van der Waals surface area contributed by atoms with E-state index >= 15 is 0 Å². The number of carbonyl (C=O) groups is 1. The Kier molecular flexibility index (Phi) is 5.14. The summed E-state index contributed by atoms with van der Waals surface area (Å²) in [5.41, 5.74) is 3.65. The molecule has 0 radical (unpaired) electrons. The van der Waals surface area contributed by atoms with Crippen LogP contribution in [0.15, 0.2) is 59.4 Å². The maximum absolute atomic E-state index is 11.8. The summed E-state index contributed by atoms with van der Waals surface area (Å²) in [5.74, 6) is 0. The average molecular weight is 335 g/mol. The number of aromatic amines is 1. The van der Waals surface area contributed by atoms with E-state index in [-0.39, 0.29) is 11.6 Å². The van der Waals surface area contributed by atoms with Crippen LogP contribution in [0.2, 0.25) is 0 Å². The Balaban J connectivity index is 1.51. The fraction of sp³-hybridized carbons (Fsp3) is 0.200. The van der Waals surface area contributed by atoms with E-state index in [1.807, 2.05) is 54.6 Å². The monoisotopic (exact) mass is 335 g/mol. The summed E-state index contributed by atoms with van der Waals surface area (Å²) in [6.45, 7) is 2.85. The highest BCUT2D eigenvalue weighted by Crippen LogP contribution is 2.13. The van der Waals surface area contributed by atoms with Crippen molar-refractivity contribution < 1.29 is 4.79 Å². The van der Waals surface area contributed by atoms with Crippen LogP contribution in [0.3, 0.4) is 0 Å². The topological polar surface area (TPSA) is 74.0 Å². The summed E-state index contributed by atoms with van der Waals surface area (Å²) in [6, 6.07) is 17.4. The van der Waals surface area contributed by atoms with Crippen molar-refractivity contribution in [2.75, 3.05) is 6.54 Å². The van der Waals surface area contributed by atoms with Crippen LogP contribution in [-0.4, -0.2) is 17.6 Å². The number of benzene rings is 2. The molecule has 0 atom stereocenters. The molecular weight excluding hydrogens is 314 g/mol. The standard InChI is InChI=1S/C20H21N3O2/c1-14-11-17-12-15(7-8-18(17)23-19(14)24)9-10-21-20(25)22-13-16-5-3-2-4-6-16/h2-8,11-12H,9-10,13H2,1H3,(H,23,24)(H2,21,22,25). The van der Waals surface area contributed by atoms with Gasteiger partial charge in [0.1, 0.15) is 0 Å². The van der Waals surface area contributed by atoms with Gasteiger partial charge in [-0.2, -0.15) is 0 Å². The smallest absolute Gasteiger partial charge is 0.315 e. The zero-order chi connectivity index (χ0) is 17.6. The number of fused-ring (bicyclic) bond motifs is 1. The molecule has 0 aliphatic rings. The van der Waals surface area contributed by atoms with Crippen LogP contribution in [0.25, 0.3) is 10.9 Å². The van der Waals surface area contributed by atoms with Crippen molar-refractivity contribution in [3.05, 3.63) is 81.6 Å². The first-order valence-corrected chi connectivity index (χ1v) is 8.30. The molecule has 3 aromatic rings. The number of rotatable bonds is 5. The SMILES string of the molecule is Cc1cc2cc(CCNC(=O)NCc3ccccc3)ccc2[nH]c1=O. The Morgan fingerprint density at radius 3 is 2.60 bits per heavy atom. The van der Waals surface area contributed by atoms with Gasteiger partial charge in [-0.3, -0.25) is 4.79 Å². The molecule has 0 fully saturated rings. The van der Waals surface area contributed by atoms with Crippen LogP contribution in [0.5, 0.6) is 0 Å². The number of amides is 2. The van der Waals surface area contributed by atoms with E-state index in [0.717, 1.165) is 28.5 Å². The minimum atomic E-state index is -0.176. The normalized spacial score (nSPS) is 10.6. The van der Waals surface area contributed by atoms with Gasteiger partial charge < -0.3 is 15.6 Å².